The van der Waals surface area contributed by atoms with Crippen LogP contribution in [0.5, 0.6) is 0 Å². The minimum absolute atomic E-state index is 0.342. The number of hydrogen-bond donors (Lipinski definition) is 1. The first kappa shape index (κ1) is 11.0. The highest BCUT2D eigenvalue weighted by atomic mass is 35.5. The predicted octanol–water partition coefficient (Wildman–Crippen LogP) is 3.79. The molecule has 0 saturated heterocycles. The maximum Gasteiger partial charge on any atom is 0.0453 e. The van der Waals surface area contributed by atoms with Gasteiger partial charge in [-0.1, -0.05) is 29.8 Å². The number of benzene rings is 1. The Balaban J connectivity index is 2.00. The lowest BCUT2D eigenvalue weighted by molar-refractivity contribution is 0.441. The molecule has 1 aromatic rings. The summed E-state index contributed by atoms with van der Waals surface area (Å²) in [5, 5.41) is 4.48. The molecule has 1 N–H and O–H groups in total. The molecule has 2 heteroatoms. The molecule has 0 spiro atoms. The van der Waals surface area contributed by atoms with E-state index < -0.39 is 0 Å². The van der Waals surface area contributed by atoms with Gasteiger partial charge in [-0.25, -0.2) is 0 Å². The smallest absolute Gasteiger partial charge is 0.0453 e. The molecule has 82 valence electrons. The van der Waals surface area contributed by atoms with Gasteiger partial charge in [-0.15, -0.1) is 0 Å². The van der Waals surface area contributed by atoms with Crippen molar-refractivity contribution >= 4 is 11.6 Å². The summed E-state index contributed by atoms with van der Waals surface area (Å²) in [6, 6.07) is 9.02. The van der Waals surface area contributed by atoms with E-state index in [-0.39, 0.29) is 0 Å². The average molecular weight is 224 g/mol. The van der Waals surface area contributed by atoms with E-state index in [2.05, 4.69) is 25.2 Å². The van der Waals surface area contributed by atoms with Gasteiger partial charge in [0.25, 0.3) is 0 Å². The molecule has 15 heavy (non-hydrogen) atoms. The average Bonchev–Trinajstić information content (AvgIpc) is 3.01. The van der Waals surface area contributed by atoms with Gasteiger partial charge in [-0.3, -0.25) is 0 Å². The molecule has 0 heterocycles. The molecule has 0 aliphatic heterocycles. The maximum atomic E-state index is 6.16. The second-order valence-electron chi connectivity index (χ2n) is 4.54. The van der Waals surface area contributed by atoms with Crippen LogP contribution in [0.3, 0.4) is 0 Å². The lowest BCUT2D eigenvalue weighted by atomic mass is 10.1. The molecule has 1 unspecified atom stereocenters. The van der Waals surface area contributed by atoms with E-state index in [1.165, 1.54) is 18.4 Å². The fourth-order valence-corrected chi connectivity index (χ4v) is 2.34. The summed E-state index contributed by atoms with van der Waals surface area (Å²) in [6.07, 6.45) is 2.76. The van der Waals surface area contributed by atoms with Crippen molar-refractivity contribution in [3.05, 3.63) is 34.9 Å². The van der Waals surface area contributed by atoms with E-state index in [0.717, 1.165) is 10.9 Å². The lowest BCUT2D eigenvalue weighted by Gasteiger charge is -2.20. The molecule has 0 bridgehead atoms. The molecule has 1 aliphatic rings. The zero-order chi connectivity index (χ0) is 10.8. The van der Waals surface area contributed by atoms with Gasteiger partial charge in [0.15, 0.2) is 0 Å². The summed E-state index contributed by atoms with van der Waals surface area (Å²) in [5.74, 6) is 0.884. The lowest BCUT2D eigenvalue weighted by Crippen LogP contribution is -2.30. The van der Waals surface area contributed by atoms with Crippen LogP contribution in [0.25, 0.3) is 0 Å². The Morgan fingerprint density at radius 2 is 1.93 bits per heavy atom. The molecule has 2 rings (SSSR count). The first-order valence-corrected chi connectivity index (χ1v) is 6.06. The molecular formula is C13H18ClN. The molecule has 1 aromatic carbocycles. The van der Waals surface area contributed by atoms with Crippen molar-refractivity contribution in [1.29, 1.82) is 0 Å². The van der Waals surface area contributed by atoms with Crippen LogP contribution >= 0.6 is 11.6 Å². The van der Waals surface area contributed by atoms with Crippen molar-refractivity contribution in [3.8, 4) is 0 Å². The standard InChI is InChI=1S/C13H18ClN/c1-9(11-7-8-11)15-10(2)12-5-3-4-6-13(12)14/h3-6,9-11,15H,7-8H2,1-2H3/t9?,10-/m0/s1. The van der Waals surface area contributed by atoms with E-state index in [1.807, 2.05) is 18.2 Å². The third-order valence-electron chi connectivity index (χ3n) is 3.21. The van der Waals surface area contributed by atoms with Crippen molar-refractivity contribution in [2.45, 2.75) is 38.8 Å². The van der Waals surface area contributed by atoms with Gasteiger partial charge < -0.3 is 5.32 Å². The highest BCUT2D eigenvalue weighted by Crippen LogP contribution is 2.34. The molecular weight excluding hydrogens is 206 g/mol. The third kappa shape index (κ3) is 2.73. The fourth-order valence-electron chi connectivity index (χ4n) is 2.04. The summed E-state index contributed by atoms with van der Waals surface area (Å²) in [6.45, 7) is 4.45. The van der Waals surface area contributed by atoms with E-state index in [1.54, 1.807) is 0 Å². The quantitative estimate of drug-likeness (QED) is 0.819. The van der Waals surface area contributed by atoms with Crippen molar-refractivity contribution in [1.82, 2.24) is 5.32 Å². The van der Waals surface area contributed by atoms with Crippen LogP contribution in [-0.2, 0) is 0 Å². The molecule has 0 aromatic heterocycles. The van der Waals surface area contributed by atoms with Crippen LogP contribution in [-0.4, -0.2) is 6.04 Å². The Bertz CT molecular complexity index is 333. The van der Waals surface area contributed by atoms with E-state index in [0.29, 0.717) is 12.1 Å². The first-order valence-electron chi connectivity index (χ1n) is 5.69. The normalized spacial score (nSPS) is 19.9. The number of hydrogen-bond acceptors (Lipinski definition) is 1. The minimum atomic E-state index is 0.342. The highest BCUT2D eigenvalue weighted by molar-refractivity contribution is 6.31. The van der Waals surface area contributed by atoms with Gasteiger partial charge >= 0.3 is 0 Å². The number of nitrogens with one attached hydrogen (secondary N) is 1. The number of rotatable bonds is 4. The van der Waals surface area contributed by atoms with Crippen LogP contribution in [0, 0.1) is 5.92 Å². The summed E-state index contributed by atoms with van der Waals surface area (Å²) in [5.41, 5.74) is 1.20. The van der Waals surface area contributed by atoms with Crippen molar-refractivity contribution in [3.63, 3.8) is 0 Å². The first-order chi connectivity index (χ1) is 7.18. The van der Waals surface area contributed by atoms with E-state index in [4.69, 9.17) is 11.6 Å². The second-order valence-corrected chi connectivity index (χ2v) is 4.94. The second kappa shape index (κ2) is 4.54. The van der Waals surface area contributed by atoms with Gasteiger partial charge in [-0.05, 0) is 44.2 Å². The maximum absolute atomic E-state index is 6.16. The van der Waals surface area contributed by atoms with Crippen LogP contribution in [0.15, 0.2) is 24.3 Å². The topological polar surface area (TPSA) is 12.0 Å². The minimum Gasteiger partial charge on any atom is -0.307 e. The zero-order valence-electron chi connectivity index (χ0n) is 9.33. The molecule has 0 amide bonds. The Morgan fingerprint density at radius 3 is 2.53 bits per heavy atom. The third-order valence-corrected chi connectivity index (χ3v) is 3.56. The zero-order valence-corrected chi connectivity index (χ0v) is 10.1. The van der Waals surface area contributed by atoms with Crippen molar-refractivity contribution in [2.75, 3.05) is 0 Å². The molecule has 1 saturated carbocycles. The Hall–Kier alpha value is -0.530. The molecule has 1 nitrogen and oxygen atoms in total. The van der Waals surface area contributed by atoms with Gasteiger partial charge in [0, 0.05) is 17.1 Å². The fraction of sp³-hybridized carbons (Fsp3) is 0.538. The van der Waals surface area contributed by atoms with Gasteiger partial charge in [-0.2, -0.15) is 0 Å². The van der Waals surface area contributed by atoms with Crippen molar-refractivity contribution < 1.29 is 0 Å². The summed E-state index contributed by atoms with van der Waals surface area (Å²) in [4.78, 5) is 0. The summed E-state index contributed by atoms with van der Waals surface area (Å²) >= 11 is 6.16. The van der Waals surface area contributed by atoms with Crippen LogP contribution in [0.1, 0.15) is 38.3 Å². The molecule has 0 radical (unpaired) electrons. The summed E-state index contributed by atoms with van der Waals surface area (Å²) in [7, 11) is 0. The predicted molar refractivity (Wildman–Crippen MR) is 65.2 cm³/mol. The van der Waals surface area contributed by atoms with Gasteiger partial charge in [0.05, 0.1) is 0 Å². The highest BCUT2D eigenvalue weighted by Gasteiger charge is 2.28. The largest absolute Gasteiger partial charge is 0.307 e. The van der Waals surface area contributed by atoms with E-state index >= 15 is 0 Å². The monoisotopic (exact) mass is 223 g/mol. The van der Waals surface area contributed by atoms with Gasteiger partial charge in [0.1, 0.15) is 0 Å². The molecule has 2 atom stereocenters. The van der Waals surface area contributed by atoms with Gasteiger partial charge in [0.2, 0.25) is 0 Å². The van der Waals surface area contributed by atoms with Crippen LogP contribution in [0.4, 0.5) is 0 Å². The molecule has 1 aliphatic carbocycles. The van der Waals surface area contributed by atoms with E-state index in [9.17, 15) is 0 Å². The molecule has 1 fully saturated rings. The summed E-state index contributed by atoms with van der Waals surface area (Å²) < 4.78 is 0. The number of halogens is 1. The van der Waals surface area contributed by atoms with Crippen LogP contribution < -0.4 is 5.32 Å². The van der Waals surface area contributed by atoms with Crippen molar-refractivity contribution in [2.24, 2.45) is 5.92 Å². The SMILES string of the molecule is CC(N[C@@H](C)c1ccccc1Cl)C1CC1. The Kier molecular flexibility index (Phi) is 3.32. The Morgan fingerprint density at radius 1 is 1.27 bits per heavy atom. The Labute approximate surface area is 96.8 Å². The van der Waals surface area contributed by atoms with Crippen LogP contribution in [0.2, 0.25) is 5.02 Å².